The summed E-state index contributed by atoms with van der Waals surface area (Å²) in [6.45, 7) is -0.216. The summed E-state index contributed by atoms with van der Waals surface area (Å²) in [5.41, 5.74) is -1.15. The second-order valence-electron chi connectivity index (χ2n) is 10.6. The Hall–Kier alpha value is -3.90. The SMILES string of the molecule is CNc1nc(CCCC2CCC(C(=O)NCc3ccc(OC)cc3C(F)(F)F)CC2)nc(-c2ccc(C(F)(F)F)cc2)n1. The van der Waals surface area contributed by atoms with E-state index in [0.29, 0.717) is 42.5 Å². The predicted molar refractivity (Wildman–Crippen MR) is 148 cm³/mol. The number of nitrogens with zero attached hydrogens (tertiary/aromatic N) is 3. The number of hydrogen-bond acceptors (Lipinski definition) is 6. The van der Waals surface area contributed by atoms with Crippen LogP contribution >= 0.6 is 0 Å². The van der Waals surface area contributed by atoms with Crippen LogP contribution in [-0.4, -0.2) is 35.0 Å². The van der Waals surface area contributed by atoms with E-state index in [1.807, 2.05) is 0 Å². The zero-order valence-corrected chi connectivity index (χ0v) is 23.8. The molecule has 1 aliphatic carbocycles. The average molecular weight is 610 g/mol. The molecule has 232 valence electrons. The van der Waals surface area contributed by atoms with Crippen LogP contribution < -0.4 is 15.4 Å². The van der Waals surface area contributed by atoms with Crippen molar-refractivity contribution < 1.29 is 35.9 Å². The summed E-state index contributed by atoms with van der Waals surface area (Å²) in [6, 6.07) is 8.34. The van der Waals surface area contributed by atoms with Crippen molar-refractivity contribution in [3.8, 4) is 17.1 Å². The van der Waals surface area contributed by atoms with Gasteiger partial charge in [-0.1, -0.05) is 24.6 Å². The zero-order valence-electron chi connectivity index (χ0n) is 23.8. The number of benzene rings is 2. The molecule has 0 atom stereocenters. The van der Waals surface area contributed by atoms with Crippen LogP contribution in [0.25, 0.3) is 11.4 Å². The number of alkyl halides is 6. The highest BCUT2D eigenvalue weighted by atomic mass is 19.4. The van der Waals surface area contributed by atoms with Crippen LogP contribution in [0.4, 0.5) is 32.3 Å². The van der Waals surface area contributed by atoms with Crippen LogP contribution in [-0.2, 0) is 30.1 Å². The highest BCUT2D eigenvalue weighted by molar-refractivity contribution is 5.78. The van der Waals surface area contributed by atoms with Gasteiger partial charge in [-0.2, -0.15) is 36.3 Å². The summed E-state index contributed by atoms with van der Waals surface area (Å²) >= 11 is 0. The molecule has 2 N–H and O–H groups in total. The number of aryl methyl sites for hydroxylation is 1. The van der Waals surface area contributed by atoms with Gasteiger partial charge in [0.1, 0.15) is 11.6 Å². The van der Waals surface area contributed by atoms with Gasteiger partial charge < -0.3 is 15.4 Å². The van der Waals surface area contributed by atoms with Gasteiger partial charge in [0.15, 0.2) is 5.82 Å². The third-order valence-corrected chi connectivity index (χ3v) is 7.68. The Morgan fingerprint density at radius 1 is 0.930 bits per heavy atom. The van der Waals surface area contributed by atoms with Gasteiger partial charge in [-0.15, -0.1) is 0 Å². The molecule has 3 aromatic rings. The topological polar surface area (TPSA) is 89.0 Å². The Bertz CT molecular complexity index is 1390. The summed E-state index contributed by atoms with van der Waals surface area (Å²) < 4.78 is 84.1. The Balaban J connectivity index is 1.26. The van der Waals surface area contributed by atoms with Crippen molar-refractivity contribution in [3.05, 3.63) is 65.0 Å². The quantitative estimate of drug-likeness (QED) is 0.239. The van der Waals surface area contributed by atoms with E-state index in [9.17, 15) is 31.1 Å². The lowest BCUT2D eigenvalue weighted by atomic mass is 9.79. The molecule has 13 heteroatoms. The highest BCUT2D eigenvalue weighted by Crippen LogP contribution is 2.35. The van der Waals surface area contributed by atoms with E-state index in [4.69, 9.17) is 4.74 Å². The first-order chi connectivity index (χ1) is 20.4. The molecule has 0 saturated heterocycles. The van der Waals surface area contributed by atoms with Crippen LogP contribution in [0.2, 0.25) is 0 Å². The minimum absolute atomic E-state index is 0.0171. The summed E-state index contributed by atoms with van der Waals surface area (Å²) in [5, 5.41) is 5.54. The lowest BCUT2D eigenvalue weighted by molar-refractivity contribution is -0.139. The molecule has 1 fully saturated rings. The fourth-order valence-corrected chi connectivity index (χ4v) is 5.27. The van der Waals surface area contributed by atoms with E-state index in [1.54, 1.807) is 7.05 Å². The minimum atomic E-state index is -4.56. The second kappa shape index (κ2) is 13.6. The van der Waals surface area contributed by atoms with Gasteiger partial charge in [-0.25, -0.2) is 4.98 Å². The van der Waals surface area contributed by atoms with E-state index in [-0.39, 0.29) is 35.5 Å². The molecule has 1 saturated carbocycles. The maximum Gasteiger partial charge on any atom is 0.416 e. The van der Waals surface area contributed by atoms with Gasteiger partial charge in [0.05, 0.1) is 18.2 Å². The van der Waals surface area contributed by atoms with Gasteiger partial charge >= 0.3 is 12.4 Å². The van der Waals surface area contributed by atoms with Crippen LogP contribution in [0.3, 0.4) is 0 Å². The van der Waals surface area contributed by atoms with Crippen LogP contribution in [0, 0.1) is 11.8 Å². The lowest BCUT2D eigenvalue weighted by Crippen LogP contribution is -2.33. The van der Waals surface area contributed by atoms with Crippen molar-refractivity contribution in [2.75, 3.05) is 19.5 Å². The first kappa shape index (κ1) is 32.0. The van der Waals surface area contributed by atoms with Crippen LogP contribution in [0.15, 0.2) is 42.5 Å². The van der Waals surface area contributed by atoms with Gasteiger partial charge in [-0.3, -0.25) is 4.79 Å². The minimum Gasteiger partial charge on any atom is -0.497 e. The second-order valence-corrected chi connectivity index (χ2v) is 10.6. The fourth-order valence-electron chi connectivity index (χ4n) is 5.27. The van der Waals surface area contributed by atoms with Crippen LogP contribution in [0.1, 0.15) is 61.0 Å². The summed E-state index contributed by atoms with van der Waals surface area (Å²) in [5.74, 6) is 1.12. The Kier molecular flexibility index (Phi) is 10.1. The van der Waals surface area contributed by atoms with Gasteiger partial charge in [0.2, 0.25) is 11.9 Å². The molecule has 1 heterocycles. The van der Waals surface area contributed by atoms with Crippen molar-refractivity contribution in [3.63, 3.8) is 0 Å². The van der Waals surface area contributed by atoms with E-state index >= 15 is 0 Å². The summed E-state index contributed by atoms with van der Waals surface area (Å²) in [7, 11) is 2.94. The molecule has 7 nitrogen and oxygen atoms in total. The van der Waals surface area contributed by atoms with Crippen molar-refractivity contribution >= 4 is 11.9 Å². The first-order valence-corrected chi connectivity index (χ1v) is 14.0. The molecule has 1 aliphatic rings. The molecule has 43 heavy (non-hydrogen) atoms. The van der Waals surface area contributed by atoms with E-state index < -0.39 is 23.5 Å². The number of halogens is 6. The van der Waals surface area contributed by atoms with Crippen molar-refractivity contribution in [1.29, 1.82) is 0 Å². The average Bonchev–Trinajstić information content (AvgIpc) is 2.99. The number of aromatic nitrogens is 3. The maximum atomic E-state index is 13.5. The number of hydrogen-bond donors (Lipinski definition) is 2. The highest BCUT2D eigenvalue weighted by Gasteiger charge is 2.34. The molecule has 0 bridgehead atoms. The largest absolute Gasteiger partial charge is 0.497 e. The zero-order chi connectivity index (χ0) is 31.2. The number of anilines is 1. The number of nitrogens with one attached hydrogen (secondary N) is 2. The summed E-state index contributed by atoms with van der Waals surface area (Å²) in [4.78, 5) is 25.9. The number of methoxy groups -OCH3 is 1. The number of rotatable bonds is 10. The normalized spacial score (nSPS) is 17.4. The summed E-state index contributed by atoms with van der Waals surface area (Å²) in [6.07, 6.45) is -3.84. The molecule has 1 amide bonds. The molecule has 0 radical (unpaired) electrons. The number of ether oxygens (including phenoxy) is 1. The number of amides is 1. The third-order valence-electron chi connectivity index (χ3n) is 7.68. The van der Waals surface area contributed by atoms with E-state index in [1.165, 1.54) is 31.4 Å². The monoisotopic (exact) mass is 609 g/mol. The van der Waals surface area contributed by atoms with Crippen molar-refractivity contribution in [2.24, 2.45) is 11.8 Å². The van der Waals surface area contributed by atoms with Gasteiger partial charge in [0, 0.05) is 31.5 Å². The smallest absolute Gasteiger partial charge is 0.416 e. The number of carbonyl (C=O) groups is 1. The molecular formula is C30H33F6N5O2. The molecule has 0 aliphatic heterocycles. The molecule has 4 rings (SSSR count). The molecule has 0 unspecified atom stereocenters. The number of carbonyl (C=O) groups excluding carboxylic acids is 1. The van der Waals surface area contributed by atoms with Gasteiger partial charge in [0.25, 0.3) is 0 Å². The van der Waals surface area contributed by atoms with Gasteiger partial charge in [-0.05, 0) is 67.9 Å². The Morgan fingerprint density at radius 3 is 2.23 bits per heavy atom. The Morgan fingerprint density at radius 2 is 1.63 bits per heavy atom. The van der Waals surface area contributed by atoms with Crippen molar-refractivity contribution in [1.82, 2.24) is 20.3 Å². The third kappa shape index (κ3) is 8.57. The standard InChI is InChI=1S/C30H33F6N5O2/c1-37-28-40-25(39-26(41-28)19-10-13-22(14-11-19)29(31,32)33)5-3-4-18-6-8-20(9-7-18)27(42)38-17-21-12-15-23(43-2)16-24(21)30(34,35)36/h10-16,18,20H,3-9,17H2,1-2H3,(H,38,42)(H,37,39,40,41). The molecule has 1 aromatic heterocycles. The molecular weight excluding hydrogens is 576 g/mol. The van der Waals surface area contributed by atoms with Crippen LogP contribution in [0.5, 0.6) is 5.75 Å². The van der Waals surface area contributed by atoms with Crippen molar-refractivity contribution in [2.45, 2.75) is 63.8 Å². The molecule has 0 spiro atoms. The Labute approximate surface area is 245 Å². The first-order valence-electron chi connectivity index (χ1n) is 14.0. The predicted octanol–water partition coefficient (Wildman–Crippen LogP) is 7.07. The maximum absolute atomic E-state index is 13.5. The van der Waals surface area contributed by atoms with E-state index in [0.717, 1.165) is 43.9 Å². The fraction of sp³-hybridized carbons (Fsp3) is 0.467. The lowest BCUT2D eigenvalue weighted by Gasteiger charge is -2.28. The van der Waals surface area contributed by atoms with E-state index in [2.05, 4.69) is 25.6 Å². The molecule has 2 aromatic carbocycles.